The summed E-state index contributed by atoms with van der Waals surface area (Å²) in [6.07, 6.45) is 1.32. The van der Waals surface area contributed by atoms with E-state index in [1.54, 1.807) is 0 Å². The minimum atomic E-state index is -3.11. The summed E-state index contributed by atoms with van der Waals surface area (Å²) in [6.45, 7) is 5.84. The minimum Gasteiger partial charge on any atom is -0.212 e. The first kappa shape index (κ1) is 14.2. The summed E-state index contributed by atoms with van der Waals surface area (Å²) >= 11 is 5.61. The quantitative estimate of drug-likeness (QED) is 0.693. The molecule has 1 N–H and O–H groups in total. The van der Waals surface area contributed by atoms with Crippen LogP contribution < -0.4 is 4.72 Å². The average molecular weight is 242 g/mol. The SMILES string of the molecule is CCCS(=O)(=O)NC(CCCl)C(C)C. The van der Waals surface area contributed by atoms with Crippen LogP contribution in [0.25, 0.3) is 0 Å². The van der Waals surface area contributed by atoms with Gasteiger partial charge in [0.2, 0.25) is 10.0 Å². The molecule has 0 heterocycles. The van der Waals surface area contributed by atoms with Crippen molar-refractivity contribution in [1.82, 2.24) is 4.72 Å². The van der Waals surface area contributed by atoms with E-state index in [2.05, 4.69) is 4.72 Å². The second-order valence-electron chi connectivity index (χ2n) is 3.76. The van der Waals surface area contributed by atoms with Crippen molar-refractivity contribution >= 4 is 21.6 Å². The van der Waals surface area contributed by atoms with E-state index < -0.39 is 10.0 Å². The van der Waals surface area contributed by atoms with Crippen LogP contribution in [0.15, 0.2) is 0 Å². The molecule has 0 aliphatic carbocycles. The van der Waals surface area contributed by atoms with E-state index in [9.17, 15) is 8.42 Å². The first-order chi connectivity index (χ1) is 6.43. The Morgan fingerprint density at radius 3 is 2.29 bits per heavy atom. The number of hydrogen-bond acceptors (Lipinski definition) is 2. The van der Waals surface area contributed by atoms with Crippen LogP contribution >= 0.6 is 11.6 Å². The molecule has 0 saturated heterocycles. The number of hydrogen-bond donors (Lipinski definition) is 1. The Bertz CT molecular complexity index is 239. The molecule has 1 atom stereocenters. The van der Waals surface area contributed by atoms with Crippen molar-refractivity contribution in [3.63, 3.8) is 0 Å². The third-order valence-electron chi connectivity index (χ3n) is 2.03. The van der Waals surface area contributed by atoms with Crippen LogP contribution in [-0.4, -0.2) is 26.1 Å². The summed E-state index contributed by atoms with van der Waals surface area (Å²) in [7, 11) is -3.11. The Labute approximate surface area is 92.3 Å². The van der Waals surface area contributed by atoms with Crippen molar-refractivity contribution in [3.8, 4) is 0 Å². The van der Waals surface area contributed by atoms with E-state index in [0.717, 1.165) is 0 Å². The summed E-state index contributed by atoms with van der Waals surface area (Å²) in [4.78, 5) is 0. The maximum Gasteiger partial charge on any atom is 0.211 e. The Hall–Kier alpha value is 0.200. The van der Waals surface area contributed by atoms with Crippen LogP contribution in [0, 0.1) is 5.92 Å². The van der Waals surface area contributed by atoms with Gasteiger partial charge in [0.25, 0.3) is 0 Å². The summed E-state index contributed by atoms with van der Waals surface area (Å²) in [5.74, 6) is 0.955. The first-order valence-electron chi connectivity index (χ1n) is 4.99. The van der Waals surface area contributed by atoms with Gasteiger partial charge in [0.05, 0.1) is 5.75 Å². The average Bonchev–Trinajstić information content (AvgIpc) is 2.02. The van der Waals surface area contributed by atoms with E-state index in [0.29, 0.717) is 18.7 Å². The maximum atomic E-state index is 11.5. The Kier molecular flexibility index (Phi) is 6.74. The largest absolute Gasteiger partial charge is 0.212 e. The van der Waals surface area contributed by atoms with Gasteiger partial charge in [-0.3, -0.25) is 0 Å². The van der Waals surface area contributed by atoms with E-state index in [-0.39, 0.29) is 17.7 Å². The van der Waals surface area contributed by atoms with Crippen LogP contribution in [0.2, 0.25) is 0 Å². The smallest absolute Gasteiger partial charge is 0.211 e. The van der Waals surface area contributed by atoms with Crippen molar-refractivity contribution in [1.29, 1.82) is 0 Å². The molecule has 0 fully saturated rings. The molecule has 3 nitrogen and oxygen atoms in total. The molecule has 0 aliphatic heterocycles. The van der Waals surface area contributed by atoms with Crippen molar-refractivity contribution in [3.05, 3.63) is 0 Å². The molecule has 0 saturated carbocycles. The van der Waals surface area contributed by atoms with E-state index in [1.165, 1.54) is 0 Å². The molecule has 0 aromatic heterocycles. The highest BCUT2D eigenvalue weighted by Gasteiger charge is 2.19. The molecule has 86 valence electrons. The van der Waals surface area contributed by atoms with Gasteiger partial charge in [-0.2, -0.15) is 0 Å². The lowest BCUT2D eigenvalue weighted by Gasteiger charge is -2.21. The van der Waals surface area contributed by atoms with Gasteiger partial charge in [-0.15, -0.1) is 11.6 Å². The second kappa shape index (κ2) is 6.64. The van der Waals surface area contributed by atoms with Crippen LogP contribution in [0.3, 0.4) is 0 Å². The Balaban J connectivity index is 4.28. The van der Waals surface area contributed by atoms with Crippen molar-refractivity contribution < 1.29 is 8.42 Å². The van der Waals surface area contributed by atoms with Gasteiger partial charge in [-0.1, -0.05) is 20.8 Å². The van der Waals surface area contributed by atoms with Gasteiger partial charge in [0.1, 0.15) is 0 Å². The lowest BCUT2D eigenvalue weighted by molar-refractivity contribution is 0.439. The highest BCUT2D eigenvalue weighted by molar-refractivity contribution is 7.89. The molecule has 0 amide bonds. The molecule has 0 radical (unpaired) electrons. The van der Waals surface area contributed by atoms with Gasteiger partial charge < -0.3 is 0 Å². The van der Waals surface area contributed by atoms with E-state index >= 15 is 0 Å². The van der Waals surface area contributed by atoms with Crippen molar-refractivity contribution in [2.45, 2.75) is 39.7 Å². The molecular weight excluding hydrogens is 222 g/mol. The number of nitrogens with one attached hydrogen (secondary N) is 1. The van der Waals surface area contributed by atoms with E-state index in [4.69, 9.17) is 11.6 Å². The monoisotopic (exact) mass is 241 g/mol. The van der Waals surface area contributed by atoms with Gasteiger partial charge >= 0.3 is 0 Å². The molecule has 0 spiro atoms. The van der Waals surface area contributed by atoms with Crippen molar-refractivity contribution in [2.24, 2.45) is 5.92 Å². The van der Waals surface area contributed by atoms with Crippen LogP contribution in [0.4, 0.5) is 0 Å². The fourth-order valence-corrected chi connectivity index (χ4v) is 2.95. The molecule has 0 rings (SSSR count). The predicted molar refractivity (Wildman–Crippen MR) is 61.2 cm³/mol. The fraction of sp³-hybridized carbons (Fsp3) is 1.00. The normalized spacial score (nSPS) is 14.6. The highest BCUT2D eigenvalue weighted by Crippen LogP contribution is 2.09. The zero-order valence-electron chi connectivity index (χ0n) is 9.09. The van der Waals surface area contributed by atoms with Gasteiger partial charge in [-0.25, -0.2) is 13.1 Å². The van der Waals surface area contributed by atoms with Gasteiger partial charge in [-0.05, 0) is 18.8 Å². The van der Waals surface area contributed by atoms with Crippen molar-refractivity contribution in [2.75, 3.05) is 11.6 Å². The minimum absolute atomic E-state index is 0.0379. The molecule has 1 unspecified atom stereocenters. The second-order valence-corrected chi connectivity index (χ2v) is 6.02. The van der Waals surface area contributed by atoms with Crippen LogP contribution in [0.1, 0.15) is 33.6 Å². The lowest BCUT2D eigenvalue weighted by atomic mass is 10.0. The zero-order valence-corrected chi connectivity index (χ0v) is 10.7. The van der Waals surface area contributed by atoms with Gasteiger partial charge in [0, 0.05) is 11.9 Å². The number of alkyl halides is 1. The molecular formula is C9H20ClNO2S. The zero-order chi connectivity index (χ0) is 11.2. The molecule has 5 heteroatoms. The predicted octanol–water partition coefficient (Wildman–Crippen LogP) is 1.97. The third-order valence-corrected chi connectivity index (χ3v) is 3.85. The molecule has 0 aromatic carbocycles. The Morgan fingerprint density at radius 2 is 1.93 bits per heavy atom. The molecule has 0 aromatic rings. The Morgan fingerprint density at radius 1 is 1.36 bits per heavy atom. The third kappa shape index (κ3) is 5.83. The summed E-state index contributed by atoms with van der Waals surface area (Å²) < 4.78 is 25.6. The van der Waals surface area contributed by atoms with Gasteiger partial charge in [0.15, 0.2) is 0 Å². The molecule has 0 aliphatic rings. The summed E-state index contributed by atoms with van der Waals surface area (Å²) in [6, 6.07) is -0.0379. The number of sulfonamides is 1. The molecule has 0 bridgehead atoms. The first-order valence-corrected chi connectivity index (χ1v) is 7.17. The lowest BCUT2D eigenvalue weighted by Crippen LogP contribution is -2.39. The molecule has 14 heavy (non-hydrogen) atoms. The topological polar surface area (TPSA) is 46.2 Å². The van der Waals surface area contributed by atoms with Crippen LogP contribution in [0.5, 0.6) is 0 Å². The van der Waals surface area contributed by atoms with Crippen LogP contribution in [-0.2, 0) is 10.0 Å². The summed E-state index contributed by atoms with van der Waals surface area (Å²) in [5.41, 5.74) is 0. The highest BCUT2D eigenvalue weighted by atomic mass is 35.5. The maximum absolute atomic E-state index is 11.5. The summed E-state index contributed by atoms with van der Waals surface area (Å²) in [5, 5.41) is 0. The van der Waals surface area contributed by atoms with E-state index in [1.807, 2.05) is 20.8 Å². The number of halogens is 1. The number of rotatable bonds is 7. The fourth-order valence-electron chi connectivity index (χ4n) is 1.20. The standard InChI is InChI=1S/C9H20ClNO2S/c1-4-7-14(12,13)11-9(5-6-10)8(2)3/h8-9,11H,4-7H2,1-3H3.